The molecule has 1 N–H and O–H groups in total. The maximum atomic E-state index is 12.4. The Balaban J connectivity index is 1.48. The Bertz CT molecular complexity index is 1260. The molecular weight excluding hydrogens is 378 g/mol. The summed E-state index contributed by atoms with van der Waals surface area (Å²) in [4.78, 5) is 24.6. The summed E-state index contributed by atoms with van der Waals surface area (Å²) in [5.74, 6) is 0.189. The predicted molar refractivity (Wildman–Crippen MR) is 118 cm³/mol. The van der Waals surface area contributed by atoms with Crippen molar-refractivity contribution in [1.82, 2.24) is 0 Å². The van der Waals surface area contributed by atoms with Gasteiger partial charge >= 0.3 is 5.63 Å². The maximum absolute atomic E-state index is 12.4. The second-order valence-electron chi connectivity index (χ2n) is 7.23. The standard InChI is InChI=1S/C25H21NO4/c1-16-10-17(2)12-20(11-16)26-24(27)15-29-21-9-8-19-13-22(18-6-4-3-5-7-18)25(28)30-23(19)14-21/h3-14H,15H2,1-2H3,(H,26,27). The molecule has 0 aliphatic carbocycles. The molecule has 0 aliphatic rings. The van der Waals surface area contributed by atoms with Crippen LogP contribution < -0.4 is 15.7 Å². The average molecular weight is 399 g/mol. The van der Waals surface area contributed by atoms with Gasteiger partial charge in [0.2, 0.25) is 0 Å². The number of amides is 1. The Morgan fingerprint density at radius 2 is 1.67 bits per heavy atom. The van der Waals surface area contributed by atoms with E-state index in [0.717, 1.165) is 27.8 Å². The van der Waals surface area contributed by atoms with E-state index < -0.39 is 5.63 Å². The minimum atomic E-state index is -0.418. The van der Waals surface area contributed by atoms with Crippen LogP contribution in [0.4, 0.5) is 5.69 Å². The third-order valence-electron chi connectivity index (χ3n) is 4.67. The molecule has 4 aromatic rings. The molecule has 0 spiro atoms. The van der Waals surface area contributed by atoms with E-state index in [4.69, 9.17) is 9.15 Å². The van der Waals surface area contributed by atoms with Crippen LogP contribution in [0.1, 0.15) is 11.1 Å². The lowest BCUT2D eigenvalue weighted by molar-refractivity contribution is -0.118. The number of nitrogens with one attached hydrogen (secondary N) is 1. The molecule has 1 amide bonds. The zero-order chi connectivity index (χ0) is 21.1. The maximum Gasteiger partial charge on any atom is 0.344 e. The van der Waals surface area contributed by atoms with Crippen LogP contribution in [0.5, 0.6) is 5.75 Å². The summed E-state index contributed by atoms with van der Waals surface area (Å²) in [6.07, 6.45) is 0. The first kappa shape index (κ1) is 19.5. The average Bonchev–Trinajstić information content (AvgIpc) is 2.71. The molecule has 0 aliphatic heterocycles. The van der Waals surface area contributed by atoms with Gasteiger partial charge in [-0.3, -0.25) is 4.79 Å². The van der Waals surface area contributed by atoms with Crippen molar-refractivity contribution in [1.29, 1.82) is 0 Å². The van der Waals surface area contributed by atoms with E-state index in [2.05, 4.69) is 5.32 Å². The minimum Gasteiger partial charge on any atom is -0.484 e. The summed E-state index contributed by atoms with van der Waals surface area (Å²) < 4.78 is 11.1. The molecule has 0 fully saturated rings. The molecule has 0 saturated heterocycles. The monoisotopic (exact) mass is 399 g/mol. The lowest BCUT2D eigenvalue weighted by atomic mass is 10.1. The molecule has 30 heavy (non-hydrogen) atoms. The van der Waals surface area contributed by atoms with Gasteiger partial charge in [-0.05, 0) is 60.9 Å². The van der Waals surface area contributed by atoms with Crippen LogP contribution in [0, 0.1) is 13.8 Å². The number of hydrogen-bond donors (Lipinski definition) is 1. The third kappa shape index (κ3) is 4.41. The first-order valence-electron chi connectivity index (χ1n) is 9.62. The van der Waals surface area contributed by atoms with Crippen molar-refractivity contribution in [3.05, 3.63) is 94.3 Å². The van der Waals surface area contributed by atoms with E-state index >= 15 is 0 Å². The van der Waals surface area contributed by atoms with Gasteiger partial charge in [-0.1, -0.05) is 36.4 Å². The lowest BCUT2D eigenvalue weighted by Crippen LogP contribution is -2.20. The highest BCUT2D eigenvalue weighted by Crippen LogP contribution is 2.24. The number of fused-ring (bicyclic) bond motifs is 1. The minimum absolute atomic E-state index is 0.148. The van der Waals surface area contributed by atoms with Crippen LogP contribution in [0.25, 0.3) is 22.1 Å². The smallest absolute Gasteiger partial charge is 0.344 e. The summed E-state index contributed by atoms with van der Waals surface area (Å²) in [7, 11) is 0. The molecule has 0 saturated carbocycles. The van der Waals surface area contributed by atoms with E-state index in [-0.39, 0.29) is 12.5 Å². The van der Waals surface area contributed by atoms with Crippen molar-refractivity contribution in [2.75, 3.05) is 11.9 Å². The summed E-state index contributed by atoms with van der Waals surface area (Å²) in [6, 6.07) is 22.2. The van der Waals surface area contributed by atoms with Gasteiger partial charge in [-0.2, -0.15) is 0 Å². The fraction of sp³-hybridized carbons (Fsp3) is 0.120. The van der Waals surface area contributed by atoms with Crippen molar-refractivity contribution in [2.24, 2.45) is 0 Å². The molecule has 0 bridgehead atoms. The van der Waals surface area contributed by atoms with Crippen molar-refractivity contribution in [3.8, 4) is 16.9 Å². The van der Waals surface area contributed by atoms with Crippen LogP contribution in [0.3, 0.4) is 0 Å². The van der Waals surface area contributed by atoms with E-state index in [1.54, 1.807) is 18.2 Å². The van der Waals surface area contributed by atoms with E-state index in [1.807, 2.05) is 68.4 Å². The molecule has 0 radical (unpaired) electrons. The molecule has 1 aromatic heterocycles. The number of ether oxygens (including phenoxy) is 1. The third-order valence-corrected chi connectivity index (χ3v) is 4.67. The Morgan fingerprint density at radius 3 is 2.40 bits per heavy atom. The number of aryl methyl sites for hydroxylation is 2. The Morgan fingerprint density at radius 1 is 0.933 bits per heavy atom. The predicted octanol–water partition coefficient (Wildman–Crippen LogP) is 5.09. The van der Waals surface area contributed by atoms with Gasteiger partial charge in [0.1, 0.15) is 11.3 Å². The number of anilines is 1. The quantitative estimate of drug-likeness (QED) is 0.475. The van der Waals surface area contributed by atoms with Gasteiger partial charge in [-0.15, -0.1) is 0 Å². The van der Waals surface area contributed by atoms with Gasteiger partial charge in [0.25, 0.3) is 5.91 Å². The summed E-state index contributed by atoms with van der Waals surface area (Å²) >= 11 is 0. The highest BCUT2D eigenvalue weighted by molar-refractivity contribution is 5.92. The highest BCUT2D eigenvalue weighted by atomic mass is 16.5. The molecule has 5 nitrogen and oxygen atoms in total. The number of carbonyl (C=O) groups excluding carboxylic acids is 1. The van der Waals surface area contributed by atoms with E-state index in [9.17, 15) is 9.59 Å². The molecule has 1 heterocycles. The Kier molecular flexibility index (Phi) is 5.35. The lowest BCUT2D eigenvalue weighted by Gasteiger charge is -2.10. The van der Waals surface area contributed by atoms with Crippen LogP contribution in [0.15, 0.2) is 82.0 Å². The fourth-order valence-corrected chi connectivity index (χ4v) is 3.39. The highest BCUT2D eigenvalue weighted by Gasteiger charge is 2.10. The summed E-state index contributed by atoms with van der Waals surface area (Å²) in [5, 5.41) is 3.61. The number of carbonyl (C=O) groups is 1. The number of rotatable bonds is 5. The van der Waals surface area contributed by atoms with Gasteiger partial charge in [0.05, 0.1) is 5.56 Å². The second-order valence-corrected chi connectivity index (χ2v) is 7.23. The molecule has 0 unspecified atom stereocenters. The molecule has 3 aromatic carbocycles. The van der Waals surface area contributed by atoms with Crippen molar-refractivity contribution in [2.45, 2.75) is 13.8 Å². The molecule has 150 valence electrons. The van der Waals surface area contributed by atoms with E-state index in [0.29, 0.717) is 16.9 Å². The molecule has 5 heteroatoms. The normalized spacial score (nSPS) is 10.7. The van der Waals surface area contributed by atoms with Crippen molar-refractivity contribution in [3.63, 3.8) is 0 Å². The van der Waals surface area contributed by atoms with Crippen LogP contribution in [0.2, 0.25) is 0 Å². The number of hydrogen-bond acceptors (Lipinski definition) is 4. The van der Waals surface area contributed by atoms with Crippen molar-refractivity contribution >= 4 is 22.6 Å². The van der Waals surface area contributed by atoms with Gasteiger partial charge in [0, 0.05) is 17.1 Å². The van der Waals surface area contributed by atoms with Crippen molar-refractivity contribution < 1.29 is 13.9 Å². The zero-order valence-corrected chi connectivity index (χ0v) is 16.8. The largest absolute Gasteiger partial charge is 0.484 e. The molecule has 4 rings (SSSR count). The van der Waals surface area contributed by atoms with Crippen LogP contribution in [-0.4, -0.2) is 12.5 Å². The Labute approximate surface area is 173 Å². The SMILES string of the molecule is Cc1cc(C)cc(NC(=O)COc2ccc3cc(-c4ccccc4)c(=O)oc3c2)c1. The van der Waals surface area contributed by atoms with Crippen LogP contribution in [-0.2, 0) is 4.79 Å². The zero-order valence-electron chi connectivity index (χ0n) is 16.8. The molecular formula is C25H21NO4. The van der Waals surface area contributed by atoms with E-state index in [1.165, 1.54) is 0 Å². The summed E-state index contributed by atoms with van der Waals surface area (Å²) in [6.45, 7) is 3.81. The van der Waals surface area contributed by atoms with Gasteiger partial charge < -0.3 is 14.5 Å². The first-order valence-corrected chi connectivity index (χ1v) is 9.62. The Hall–Kier alpha value is -3.86. The first-order chi connectivity index (χ1) is 14.5. The van der Waals surface area contributed by atoms with Gasteiger partial charge in [-0.25, -0.2) is 4.79 Å². The van der Waals surface area contributed by atoms with Gasteiger partial charge in [0.15, 0.2) is 6.61 Å². The topological polar surface area (TPSA) is 68.5 Å². The summed E-state index contributed by atoms with van der Waals surface area (Å²) in [5.41, 5.74) is 4.18. The second kappa shape index (κ2) is 8.25. The number of benzene rings is 3. The van der Waals surface area contributed by atoms with Crippen LogP contribution >= 0.6 is 0 Å². The fourth-order valence-electron chi connectivity index (χ4n) is 3.39. The molecule has 0 atom stereocenters.